The van der Waals surface area contributed by atoms with Crippen molar-refractivity contribution in [1.82, 2.24) is 5.32 Å². The van der Waals surface area contributed by atoms with Crippen molar-refractivity contribution in [3.63, 3.8) is 0 Å². The summed E-state index contributed by atoms with van der Waals surface area (Å²) in [6.45, 7) is 3.32. The molecule has 17 heavy (non-hydrogen) atoms. The highest BCUT2D eigenvalue weighted by molar-refractivity contribution is 5.95. The Bertz CT molecular complexity index is 417. The van der Waals surface area contributed by atoms with E-state index in [4.69, 9.17) is 0 Å². The third-order valence-electron chi connectivity index (χ3n) is 2.82. The molecule has 1 aromatic rings. The summed E-state index contributed by atoms with van der Waals surface area (Å²) in [4.78, 5) is 13.7. The minimum atomic E-state index is -0.502. The van der Waals surface area contributed by atoms with Crippen molar-refractivity contribution >= 4 is 11.7 Å². The lowest BCUT2D eigenvalue weighted by Gasteiger charge is -2.30. The first kappa shape index (κ1) is 11.9. The predicted octanol–water partition coefficient (Wildman–Crippen LogP) is 1.02. The number of benzene rings is 1. The van der Waals surface area contributed by atoms with E-state index in [0.717, 1.165) is 31.9 Å². The van der Waals surface area contributed by atoms with E-state index < -0.39 is 11.8 Å². The molecule has 0 radical (unpaired) electrons. The number of anilines is 1. The average Bonchev–Trinajstić information content (AvgIpc) is 2.38. The molecule has 0 aliphatic carbocycles. The van der Waals surface area contributed by atoms with Crippen LogP contribution in [-0.2, 0) is 4.74 Å². The summed E-state index contributed by atoms with van der Waals surface area (Å²) >= 11 is 0. The molecule has 2 rings (SSSR count). The molecule has 4 nitrogen and oxygen atoms in total. The van der Waals surface area contributed by atoms with Gasteiger partial charge in [0.15, 0.2) is 0 Å². The van der Waals surface area contributed by atoms with Crippen LogP contribution in [0, 0.1) is 5.82 Å². The monoisotopic (exact) mass is 238 g/mol. The van der Waals surface area contributed by atoms with Crippen LogP contribution >= 0.6 is 0 Å². The Morgan fingerprint density at radius 2 is 2.12 bits per heavy atom. The number of hydrogen-bond acceptors (Lipinski definition) is 4. The van der Waals surface area contributed by atoms with Gasteiger partial charge in [0.25, 0.3) is 0 Å². The van der Waals surface area contributed by atoms with Crippen LogP contribution in [0.5, 0.6) is 0 Å². The summed E-state index contributed by atoms with van der Waals surface area (Å²) in [5, 5.41) is 3.23. The van der Waals surface area contributed by atoms with E-state index in [1.54, 1.807) is 6.07 Å². The van der Waals surface area contributed by atoms with Crippen LogP contribution < -0.4 is 10.2 Å². The minimum absolute atomic E-state index is 0.286. The van der Waals surface area contributed by atoms with Crippen LogP contribution in [0.4, 0.5) is 10.1 Å². The Morgan fingerprint density at radius 3 is 2.76 bits per heavy atom. The number of halogens is 1. The second-order valence-electron chi connectivity index (χ2n) is 3.89. The Labute approximate surface area is 99.4 Å². The van der Waals surface area contributed by atoms with E-state index in [1.165, 1.54) is 19.2 Å². The lowest BCUT2D eigenvalue weighted by atomic mass is 10.1. The van der Waals surface area contributed by atoms with Crippen molar-refractivity contribution in [3.8, 4) is 0 Å². The van der Waals surface area contributed by atoms with Crippen molar-refractivity contribution < 1.29 is 13.9 Å². The fourth-order valence-electron chi connectivity index (χ4n) is 1.96. The molecule has 0 saturated carbocycles. The summed E-state index contributed by atoms with van der Waals surface area (Å²) in [5.41, 5.74) is 1.02. The number of carbonyl (C=O) groups excluding carboxylic acids is 1. The molecule has 0 unspecified atom stereocenters. The second kappa shape index (κ2) is 5.14. The van der Waals surface area contributed by atoms with E-state index in [2.05, 4.69) is 15.0 Å². The van der Waals surface area contributed by atoms with Crippen molar-refractivity contribution in [2.75, 3.05) is 38.2 Å². The van der Waals surface area contributed by atoms with Crippen molar-refractivity contribution in [2.24, 2.45) is 0 Å². The van der Waals surface area contributed by atoms with Crippen LogP contribution in [0.15, 0.2) is 18.2 Å². The second-order valence-corrected chi connectivity index (χ2v) is 3.89. The van der Waals surface area contributed by atoms with Crippen LogP contribution in [0.1, 0.15) is 10.4 Å². The maximum Gasteiger partial charge on any atom is 0.340 e. The van der Waals surface area contributed by atoms with Gasteiger partial charge in [0.05, 0.1) is 18.4 Å². The largest absolute Gasteiger partial charge is 0.465 e. The summed E-state index contributed by atoms with van der Waals surface area (Å²) in [6.07, 6.45) is 0. The van der Waals surface area contributed by atoms with Crippen LogP contribution in [-0.4, -0.2) is 39.3 Å². The zero-order valence-corrected chi connectivity index (χ0v) is 9.70. The summed E-state index contributed by atoms with van der Waals surface area (Å²) in [7, 11) is 1.30. The zero-order valence-electron chi connectivity index (χ0n) is 9.70. The predicted molar refractivity (Wildman–Crippen MR) is 62.8 cm³/mol. The molecule has 1 aromatic carbocycles. The minimum Gasteiger partial charge on any atom is -0.465 e. The van der Waals surface area contributed by atoms with Crippen LogP contribution in [0.25, 0.3) is 0 Å². The van der Waals surface area contributed by atoms with Gasteiger partial charge in [0.1, 0.15) is 5.82 Å². The fraction of sp³-hybridized carbons (Fsp3) is 0.417. The van der Waals surface area contributed by atoms with Gasteiger partial charge < -0.3 is 15.0 Å². The highest BCUT2D eigenvalue weighted by atomic mass is 19.1. The Morgan fingerprint density at radius 1 is 1.41 bits per heavy atom. The topological polar surface area (TPSA) is 41.6 Å². The molecule has 1 saturated heterocycles. The van der Waals surface area contributed by atoms with Crippen LogP contribution in [0.3, 0.4) is 0 Å². The molecule has 1 fully saturated rings. The SMILES string of the molecule is COC(=O)c1cc(F)ccc1N1CCNCC1. The summed E-state index contributed by atoms with van der Waals surface area (Å²) in [5.74, 6) is -0.928. The van der Waals surface area contributed by atoms with Crippen molar-refractivity contribution in [3.05, 3.63) is 29.6 Å². The van der Waals surface area contributed by atoms with Gasteiger partial charge in [0.2, 0.25) is 0 Å². The Balaban J connectivity index is 2.34. The van der Waals surface area contributed by atoms with Gasteiger partial charge in [0, 0.05) is 26.2 Å². The van der Waals surface area contributed by atoms with Crippen LogP contribution in [0.2, 0.25) is 0 Å². The molecule has 5 heteroatoms. The van der Waals surface area contributed by atoms with E-state index in [1.807, 2.05) is 0 Å². The molecule has 1 N–H and O–H groups in total. The molecule has 92 valence electrons. The molecule has 1 aliphatic heterocycles. The van der Waals surface area contributed by atoms with E-state index in [9.17, 15) is 9.18 Å². The number of piperazine rings is 1. The molecular formula is C12H15FN2O2. The van der Waals surface area contributed by atoms with Gasteiger partial charge >= 0.3 is 5.97 Å². The highest BCUT2D eigenvalue weighted by Crippen LogP contribution is 2.22. The Hall–Kier alpha value is -1.62. The number of nitrogens with one attached hydrogen (secondary N) is 1. The molecule has 0 atom stereocenters. The first-order valence-corrected chi connectivity index (χ1v) is 5.56. The normalized spacial score (nSPS) is 15.8. The van der Waals surface area contributed by atoms with Crippen molar-refractivity contribution in [2.45, 2.75) is 0 Å². The number of nitrogens with zero attached hydrogens (tertiary/aromatic N) is 1. The smallest absolute Gasteiger partial charge is 0.340 e. The third-order valence-corrected chi connectivity index (χ3v) is 2.82. The number of ether oxygens (including phenoxy) is 1. The zero-order chi connectivity index (χ0) is 12.3. The number of hydrogen-bond donors (Lipinski definition) is 1. The van der Waals surface area contributed by atoms with Gasteiger partial charge in [-0.05, 0) is 18.2 Å². The van der Waals surface area contributed by atoms with Gasteiger partial charge in [-0.2, -0.15) is 0 Å². The lowest BCUT2D eigenvalue weighted by Crippen LogP contribution is -2.44. The standard InChI is InChI=1S/C12H15FN2O2/c1-17-12(16)10-8-9(13)2-3-11(10)15-6-4-14-5-7-15/h2-3,8,14H,4-7H2,1H3. The van der Waals surface area contributed by atoms with E-state index >= 15 is 0 Å². The first-order valence-electron chi connectivity index (χ1n) is 5.56. The summed E-state index contributed by atoms with van der Waals surface area (Å²) in [6, 6.07) is 4.22. The van der Waals surface area contributed by atoms with Gasteiger partial charge in [-0.3, -0.25) is 0 Å². The fourth-order valence-corrected chi connectivity index (χ4v) is 1.96. The van der Waals surface area contributed by atoms with Gasteiger partial charge in [-0.1, -0.05) is 0 Å². The molecule has 1 heterocycles. The molecule has 1 aliphatic rings. The van der Waals surface area contributed by atoms with Gasteiger partial charge in [-0.15, -0.1) is 0 Å². The quantitative estimate of drug-likeness (QED) is 0.781. The average molecular weight is 238 g/mol. The van der Waals surface area contributed by atoms with Crippen molar-refractivity contribution in [1.29, 1.82) is 0 Å². The molecular weight excluding hydrogens is 223 g/mol. The molecule has 0 bridgehead atoms. The van der Waals surface area contributed by atoms with E-state index in [-0.39, 0.29) is 5.56 Å². The third kappa shape index (κ3) is 2.55. The number of esters is 1. The van der Waals surface area contributed by atoms with Gasteiger partial charge in [-0.25, -0.2) is 9.18 Å². The number of carbonyl (C=O) groups is 1. The molecule has 0 spiro atoms. The number of methoxy groups -OCH3 is 1. The highest BCUT2D eigenvalue weighted by Gasteiger charge is 2.19. The lowest BCUT2D eigenvalue weighted by molar-refractivity contribution is 0.0601. The first-order chi connectivity index (χ1) is 8.22. The van der Waals surface area contributed by atoms with E-state index in [0.29, 0.717) is 0 Å². The summed E-state index contributed by atoms with van der Waals surface area (Å²) < 4.78 is 17.8. The maximum atomic E-state index is 13.2. The molecule has 0 amide bonds. The Kier molecular flexibility index (Phi) is 3.58. The maximum absolute atomic E-state index is 13.2. The number of rotatable bonds is 2. The molecule has 0 aromatic heterocycles.